The number of ether oxygens (including phenoxy) is 1. The number of hydrogen-bond acceptors (Lipinski definition) is 3. The molecule has 4 nitrogen and oxygen atoms in total. The van der Waals surface area contributed by atoms with Gasteiger partial charge in [0.25, 0.3) is 0 Å². The fraction of sp³-hybridized carbons (Fsp3) is 0.353. The standard InChI is InChI=1S/C17H24N2O2/c1-4-11-19(12-5-2)17(20)14-18-15-7-9-16(10-8-15)21-13-6-3/h4-5,7-10,18H,1-2,6,11-14H2,3H3. The average Bonchev–Trinajstić information content (AvgIpc) is 2.51. The summed E-state index contributed by atoms with van der Waals surface area (Å²) in [5.74, 6) is 0.856. The van der Waals surface area contributed by atoms with Crippen LogP contribution in [0.25, 0.3) is 0 Å². The van der Waals surface area contributed by atoms with E-state index in [9.17, 15) is 4.79 Å². The summed E-state index contributed by atoms with van der Waals surface area (Å²) in [6.45, 7) is 11.4. The van der Waals surface area contributed by atoms with Crippen molar-refractivity contribution in [2.75, 3.05) is 31.6 Å². The maximum atomic E-state index is 12.0. The monoisotopic (exact) mass is 288 g/mol. The van der Waals surface area contributed by atoms with E-state index in [1.54, 1.807) is 17.1 Å². The summed E-state index contributed by atoms with van der Waals surface area (Å²) in [7, 11) is 0. The van der Waals surface area contributed by atoms with Gasteiger partial charge in [0.1, 0.15) is 5.75 Å². The minimum absolute atomic E-state index is 0.0149. The SMILES string of the molecule is C=CCN(CC=C)C(=O)CNc1ccc(OCCC)cc1. The van der Waals surface area contributed by atoms with Crippen molar-refractivity contribution in [2.45, 2.75) is 13.3 Å². The molecule has 1 aromatic carbocycles. The van der Waals surface area contributed by atoms with Gasteiger partial charge in [-0.1, -0.05) is 19.1 Å². The minimum atomic E-state index is 0.0149. The van der Waals surface area contributed by atoms with Crippen LogP contribution in [0, 0.1) is 0 Å². The van der Waals surface area contributed by atoms with E-state index in [0.29, 0.717) is 19.7 Å². The summed E-state index contributed by atoms with van der Waals surface area (Å²) in [4.78, 5) is 13.7. The average molecular weight is 288 g/mol. The van der Waals surface area contributed by atoms with Crippen LogP contribution in [0.2, 0.25) is 0 Å². The number of carbonyl (C=O) groups is 1. The lowest BCUT2D eigenvalue weighted by Gasteiger charge is -2.19. The molecular formula is C17H24N2O2. The molecule has 21 heavy (non-hydrogen) atoms. The molecule has 0 aliphatic rings. The molecule has 0 atom stereocenters. The molecule has 114 valence electrons. The summed E-state index contributed by atoms with van der Waals surface area (Å²) in [5.41, 5.74) is 0.893. The molecule has 0 saturated heterocycles. The first-order valence-corrected chi connectivity index (χ1v) is 7.17. The minimum Gasteiger partial charge on any atom is -0.494 e. The Balaban J connectivity index is 2.47. The van der Waals surface area contributed by atoms with Crippen molar-refractivity contribution in [3.63, 3.8) is 0 Å². The maximum absolute atomic E-state index is 12.0. The van der Waals surface area contributed by atoms with E-state index in [1.165, 1.54) is 0 Å². The van der Waals surface area contributed by atoms with E-state index in [1.807, 2.05) is 24.3 Å². The fourth-order valence-corrected chi connectivity index (χ4v) is 1.77. The van der Waals surface area contributed by atoms with Crippen LogP contribution in [-0.2, 0) is 4.79 Å². The second kappa shape index (κ2) is 9.64. The van der Waals surface area contributed by atoms with E-state index >= 15 is 0 Å². The number of nitrogens with one attached hydrogen (secondary N) is 1. The first-order chi connectivity index (χ1) is 10.2. The maximum Gasteiger partial charge on any atom is 0.242 e. The summed E-state index contributed by atoms with van der Waals surface area (Å²) in [5, 5.41) is 3.11. The molecule has 0 fully saturated rings. The van der Waals surface area contributed by atoms with Gasteiger partial charge in [0.2, 0.25) is 5.91 Å². The van der Waals surface area contributed by atoms with Gasteiger partial charge in [-0.3, -0.25) is 4.79 Å². The van der Waals surface area contributed by atoms with Crippen LogP contribution >= 0.6 is 0 Å². The molecular weight excluding hydrogens is 264 g/mol. The van der Waals surface area contributed by atoms with Crippen molar-refractivity contribution in [2.24, 2.45) is 0 Å². The third-order valence-corrected chi connectivity index (χ3v) is 2.82. The highest BCUT2D eigenvalue weighted by Gasteiger charge is 2.09. The lowest BCUT2D eigenvalue weighted by molar-refractivity contribution is -0.128. The van der Waals surface area contributed by atoms with E-state index in [-0.39, 0.29) is 12.5 Å². The quantitative estimate of drug-likeness (QED) is 0.673. The van der Waals surface area contributed by atoms with Gasteiger partial charge in [-0.25, -0.2) is 0 Å². The molecule has 0 aliphatic carbocycles. The fourth-order valence-electron chi connectivity index (χ4n) is 1.77. The van der Waals surface area contributed by atoms with Crippen molar-refractivity contribution in [1.29, 1.82) is 0 Å². The number of nitrogens with zero attached hydrogens (tertiary/aromatic N) is 1. The predicted octanol–water partition coefficient (Wildman–Crippen LogP) is 3.09. The molecule has 1 aromatic rings. The topological polar surface area (TPSA) is 41.6 Å². The summed E-state index contributed by atoms with van der Waals surface area (Å²) >= 11 is 0. The molecule has 1 amide bonds. The highest BCUT2D eigenvalue weighted by Crippen LogP contribution is 2.15. The second-order valence-corrected chi connectivity index (χ2v) is 4.60. The smallest absolute Gasteiger partial charge is 0.242 e. The normalized spacial score (nSPS) is 9.76. The molecule has 0 heterocycles. The van der Waals surface area contributed by atoms with Crippen molar-refractivity contribution in [1.82, 2.24) is 4.90 Å². The Morgan fingerprint density at radius 3 is 2.38 bits per heavy atom. The Hall–Kier alpha value is -2.23. The Kier molecular flexibility index (Phi) is 7.72. The third-order valence-electron chi connectivity index (χ3n) is 2.82. The molecule has 0 radical (unpaired) electrons. The number of benzene rings is 1. The number of amides is 1. The Morgan fingerprint density at radius 2 is 1.86 bits per heavy atom. The largest absolute Gasteiger partial charge is 0.494 e. The molecule has 0 spiro atoms. The van der Waals surface area contributed by atoms with Crippen LogP contribution in [0.1, 0.15) is 13.3 Å². The molecule has 0 aliphatic heterocycles. The van der Waals surface area contributed by atoms with Gasteiger partial charge in [0.15, 0.2) is 0 Å². The van der Waals surface area contributed by atoms with E-state index in [2.05, 4.69) is 25.4 Å². The molecule has 0 bridgehead atoms. The second-order valence-electron chi connectivity index (χ2n) is 4.60. The molecule has 4 heteroatoms. The zero-order valence-corrected chi connectivity index (χ0v) is 12.7. The predicted molar refractivity (Wildman–Crippen MR) is 87.7 cm³/mol. The molecule has 0 unspecified atom stereocenters. The van der Waals surface area contributed by atoms with Crippen LogP contribution in [-0.4, -0.2) is 37.0 Å². The lowest BCUT2D eigenvalue weighted by Crippen LogP contribution is -2.35. The van der Waals surface area contributed by atoms with Gasteiger partial charge >= 0.3 is 0 Å². The first-order valence-electron chi connectivity index (χ1n) is 7.17. The van der Waals surface area contributed by atoms with Gasteiger partial charge in [-0.05, 0) is 30.7 Å². The number of anilines is 1. The lowest BCUT2D eigenvalue weighted by atomic mass is 10.3. The van der Waals surface area contributed by atoms with Gasteiger partial charge in [0.05, 0.1) is 13.2 Å². The zero-order valence-electron chi connectivity index (χ0n) is 12.7. The summed E-state index contributed by atoms with van der Waals surface area (Å²) < 4.78 is 5.51. The molecule has 1 rings (SSSR count). The van der Waals surface area contributed by atoms with Crippen LogP contribution in [0.15, 0.2) is 49.6 Å². The Labute approximate surface area is 127 Å². The van der Waals surface area contributed by atoms with Crippen molar-refractivity contribution < 1.29 is 9.53 Å². The van der Waals surface area contributed by atoms with Crippen LogP contribution in [0.5, 0.6) is 5.75 Å². The van der Waals surface area contributed by atoms with Gasteiger partial charge in [-0.2, -0.15) is 0 Å². The Bertz CT molecular complexity index is 444. The summed E-state index contributed by atoms with van der Waals surface area (Å²) in [6, 6.07) is 7.61. The zero-order chi connectivity index (χ0) is 15.5. The van der Waals surface area contributed by atoms with E-state index in [0.717, 1.165) is 17.9 Å². The summed E-state index contributed by atoms with van der Waals surface area (Å²) in [6.07, 6.45) is 4.40. The highest BCUT2D eigenvalue weighted by molar-refractivity contribution is 5.81. The van der Waals surface area contributed by atoms with E-state index < -0.39 is 0 Å². The Morgan fingerprint density at radius 1 is 1.24 bits per heavy atom. The number of hydrogen-bond donors (Lipinski definition) is 1. The molecule has 0 saturated carbocycles. The third kappa shape index (κ3) is 6.17. The van der Waals surface area contributed by atoms with Crippen molar-refractivity contribution in [3.05, 3.63) is 49.6 Å². The van der Waals surface area contributed by atoms with Gasteiger partial charge in [-0.15, -0.1) is 13.2 Å². The van der Waals surface area contributed by atoms with Crippen molar-refractivity contribution in [3.8, 4) is 5.75 Å². The van der Waals surface area contributed by atoms with Crippen LogP contribution in [0.3, 0.4) is 0 Å². The number of rotatable bonds is 10. The molecule has 0 aromatic heterocycles. The van der Waals surface area contributed by atoms with Crippen molar-refractivity contribution >= 4 is 11.6 Å². The highest BCUT2D eigenvalue weighted by atomic mass is 16.5. The first kappa shape index (κ1) is 16.8. The molecule has 1 N–H and O–H groups in total. The van der Waals surface area contributed by atoms with E-state index in [4.69, 9.17) is 4.74 Å². The van der Waals surface area contributed by atoms with Gasteiger partial charge < -0.3 is 15.0 Å². The van der Waals surface area contributed by atoms with Crippen LogP contribution in [0.4, 0.5) is 5.69 Å². The van der Waals surface area contributed by atoms with Gasteiger partial charge in [0, 0.05) is 18.8 Å². The van der Waals surface area contributed by atoms with Crippen LogP contribution < -0.4 is 10.1 Å². The number of carbonyl (C=O) groups excluding carboxylic acids is 1.